The molecule has 44 heavy (non-hydrogen) atoms. The Balaban J connectivity index is 0.000000128. The smallest absolute Gasteiger partial charge is 0.0725 e. The lowest BCUT2D eigenvalue weighted by Crippen LogP contribution is -2.25. The Morgan fingerprint density at radius 3 is 0.977 bits per heavy atom. The molecule has 0 saturated heterocycles. The number of nitrogens with two attached hydrogens (primary N) is 1. The Morgan fingerprint density at radius 2 is 0.591 bits per heavy atom. The standard InChI is InChI=1S/C25H16.C18H13N/c1-5-13-21-17(9-1)18-10-2-6-14-22(18)25(21)23-15-7-3-11-19(23)20-12-4-8-16-24(20)25;19-12-9-10-17-15-7-2-1-5-13(15)14-6-3-4-8-16(14)18(17)11-12/h1-16H;1-11H,19H2. The molecule has 0 amide bonds. The molecule has 0 aromatic heterocycles. The summed E-state index contributed by atoms with van der Waals surface area (Å²) in [5, 5.41) is 7.64. The summed E-state index contributed by atoms with van der Waals surface area (Å²) >= 11 is 0. The van der Waals surface area contributed by atoms with E-state index in [1.165, 1.54) is 76.8 Å². The van der Waals surface area contributed by atoms with Gasteiger partial charge in [-0.2, -0.15) is 0 Å². The van der Waals surface area contributed by atoms with Crippen molar-refractivity contribution in [3.63, 3.8) is 0 Å². The summed E-state index contributed by atoms with van der Waals surface area (Å²) in [6, 6.07) is 58.9. The zero-order chi connectivity index (χ0) is 29.3. The number of rotatable bonds is 0. The van der Waals surface area contributed by atoms with Gasteiger partial charge < -0.3 is 5.73 Å². The van der Waals surface area contributed by atoms with E-state index in [0.717, 1.165) is 5.69 Å². The first-order chi connectivity index (χ1) is 21.8. The third-order valence-corrected chi connectivity index (χ3v) is 9.67. The fraction of sp³-hybridized carbons (Fsp3) is 0.0233. The maximum atomic E-state index is 5.96. The summed E-state index contributed by atoms with van der Waals surface area (Å²) in [5.74, 6) is 0. The van der Waals surface area contributed by atoms with Gasteiger partial charge in [0.05, 0.1) is 5.41 Å². The van der Waals surface area contributed by atoms with Crippen molar-refractivity contribution in [1.29, 1.82) is 0 Å². The second-order valence-electron chi connectivity index (χ2n) is 11.8. The van der Waals surface area contributed by atoms with Crippen LogP contribution >= 0.6 is 0 Å². The molecule has 0 aliphatic heterocycles. The van der Waals surface area contributed by atoms with E-state index in [1.807, 2.05) is 6.07 Å². The van der Waals surface area contributed by atoms with Gasteiger partial charge in [-0.3, -0.25) is 0 Å². The molecule has 8 aromatic carbocycles. The van der Waals surface area contributed by atoms with Crippen LogP contribution in [-0.2, 0) is 5.41 Å². The highest BCUT2D eigenvalue weighted by Crippen LogP contribution is 2.62. The van der Waals surface area contributed by atoms with Crippen molar-refractivity contribution in [3.8, 4) is 22.3 Å². The molecule has 2 N–H and O–H groups in total. The van der Waals surface area contributed by atoms with E-state index >= 15 is 0 Å². The average Bonchev–Trinajstić information content (AvgIpc) is 3.56. The summed E-state index contributed by atoms with van der Waals surface area (Å²) < 4.78 is 0. The molecule has 8 aromatic rings. The third kappa shape index (κ3) is 3.30. The van der Waals surface area contributed by atoms with Crippen molar-refractivity contribution in [2.75, 3.05) is 5.73 Å². The summed E-state index contributed by atoms with van der Waals surface area (Å²) in [6.07, 6.45) is 0. The molecular formula is C43H29N. The first-order valence-corrected chi connectivity index (χ1v) is 15.2. The number of nitrogen functional groups attached to an aromatic ring is 1. The van der Waals surface area contributed by atoms with Crippen LogP contribution < -0.4 is 5.73 Å². The van der Waals surface area contributed by atoms with Gasteiger partial charge in [0.25, 0.3) is 0 Å². The monoisotopic (exact) mass is 559 g/mol. The van der Waals surface area contributed by atoms with E-state index in [1.54, 1.807) is 0 Å². The molecule has 2 aliphatic rings. The second-order valence-corrected chi connectivity index (χ2v) is 11.8. The van der Waals surface area contributed by atoms with Crippen LogP contribution in [0, 0.1) is 0 Å². The van der Waals surface area contributed by atoms with E-state index in [4.69, 9.17) is 5.73 Å². The van der Waals surface area contributed by atoms with Gasteiger partial charge in [-0.05, 0) is 89.0 Å². The van der Waals surface area contributed by atoms with Gasteiger partial charge in [0, 0.05) is 5.69 Å². The number of anilines is 1. The highest BCUT2D eigenvalue weighted by molar-refractivity contribution is 6.25. The largest absolute Gasteiger partial charge is 0.399 e. The maximum Gasteiger partial charge on any atom is 0.0725 e. The molecule has 0 unspecified atom stereocenters. The van der Waals surface area contributed by atoms with Crippen LogP contribution in [0.15, 0.2) is 164 Å². The number of hydrogen-bond acceptors (Lipinski definition) is 1. The molecule has 1 spiro atoms. The fourth-order valence-corrected chi connectivity index (χ4v) is 7.98. The zero-order valence-electron chi connectivity index (χ0n) is 24.2. The quantitative estimate of drug-likeness (QED) is 0.145. The Hall–Kier alpha value is -5.66. The van der Waals surface area contributed by atoms with E-state index < -0.39 is 0 Å². The highest BCUT2D eigenvalue weighted by Gasteiger charge is 2.51. The minimum atomic E-state index is -0.180. The Morgan fingerprint density at radius 1 is 0.295 bits per heavy atom. The summed E-state index contributed by atoms with van der Waals surface area (Å²) in [5.41, 5.74) is 17.7. The lowest BCUT2D eigenvalue weighted by atomic mass is 9.70. The summed E-state index contributed by atoms with van der Waals surface area (Å²) in [4.78, 5) is 0. The van der Waals surface area contributed by atoms with E-state index in [9.17, 15) is 0 Å². The first kappa shape index (κ1) is 24.9. The van der Waals surface area contributed by atoms with Gasteiger partial charge in [0.1, 0.15) is 0 Å². The van der Waals surface area contributed by atoms with Gasteiger partial charge in [-0.1, -0.05) is 152 Å². The van der Waals surface area contributed by atoms with Gasteiger partial charge in [0.15, 0.2) is 0 Å². The predicted molar refractivity (Wildman–Crippen MR) is 186 cm³/mol. The normalized spacial score (nSPS) is 13.3. The minimum Gasteiger partial charge on any atom is -0.399 e. The Labute approximate surface area is 256 Å². The minimum absolute atomic E-state index is 0.180. The topological polar surface area (TPSA) is 26.0 Å². The molecule has 1 nitrogen and oxygen atoms in total. The predicted octanol–water partition coefficient (Wildman–Crippen LogP) is 10.8. The van der Waals surface area contributed by atoms with Gasteiger partial charge in [-0.15, -0.1) is 0 Å². The van der Waals surface area contributed by atoms with E-state index in [0.29, 0.717) is 0 Å². The van der Waals surface area contributed by atoms with Crippen molar-refractivity contribution in [2.24, 2.45) is 0 Å². The van der Waals surface area contributed by atoms with Crippen LogP contribution in [0.2, 0.25) is 0 Å². The van der Waals surface area contributed by atoms with Crippen molar-refractivity contribution in [1.82, 2.24) is 0 Å². The van der Waals surface area contributed by atoms with Crippen LogP contribution in [0.3, 0.4) is 0 Å². The third-order valence-electron chi connectivity index (χ3n) is 9.67. The molecule has 10 rings (SSSR count). The average molecular weight is 560 g/mol. The lowest BCUT2D eigenvalue weighted by Gasteiger charge is -2.30. The SMILES string of the molecule is Nc1ccc2c3ccccc3c3ccccc3c2c1.c1ccc2c(c1)-c1ccccc1C21c2ccccc2-c2ccccc21. The molecule has 2 aliphatic carbocycles. The van der Waals surface area contributed by atoms with Crippen LogP contribution in [0.4, 0.5) is 5.69 Å². The number of benzene rings is 8. The summed E-state index contributed by atoms with van der Waals surface area (Å²) in [6.45, 7) is 0. The molecular weight excluding hydrogens is 530 g/mol. The van der Waals surface area contributed by atoms with Crippen molar-refractivity contribution >= 4 is 38.0 Å². The molecule has 206 valence electrons. The molecule has 0 saturated carbocycles. The second kappa shape index (κ2) is 9.42. The molecule has 0 radical (unpaired) electrons. The van der Waals surface area contributed by atoms with Crippen LogP contribution in [0.5, 0.6) is 0 Å². The highest BCUT2D eigenvalue weighted by atomic mass is 14.5. The van der Waals surface area contributed by atoms with Gasteiger partial charge in [-0.25, -0.2) is 0 Å². The molecule has 0 heterocycles. The fourth-order valence-electron chi connectivity index (χ4n) is 7.98. The van der Waals surface area contributed by atoms with Crippen LogP contribution in [0.1, 0.15) is 22.3 Å². The van der Waals surface area contributed by atoms with E-state index in [2.05, 4.69) is 158 Å². The van der Waals surface area contributed by atoms with Crippen LogP contribution in [0.25, 0.3) is 54.6 Å². The Kier molecular flexibility index (Phi) is 5.33. The molecule has 1 heteroatoms. The van der Waals surface area contributed by atoms with Crippen molar-refractivity contribution in [3.05, 3.63) is 186 Å². The van der Waals surface area contributed by atoms with Gasteiger partial charge >= 0.3 is 0 Å². The first-order valence-electron chi connectivity index (χ1n) is 15.2. The molecule has 0 fully saturated rings. The van der Waals surface area contributed by atoms with Crippen LogP contribution in [-0.4, -0.2) is 0 Å². The lowest BCUT2D eigenvalue weighted by molar-refractivity contribution is 0.794. The number of fused-ring (bicyclic) bond motifs is 16. The molecule has 0 atom stereocenters. The maximum absolute atomic E-state index is 5.96. The molecule has 0 bridgehead atoms. The van der Waals surface area contributed by atoms with Crippen molar-refractivity contribution in [2.45, 2.75) is 5.41 Å². The Bertz CT molecular complexity index is 2190. The van der Waals surface area contributed by atoms with Crippen molar-refractivity contribution < 1.29 is 0 Å². The summed E-state index contributed by atoms with van der Waals surface area (Å²) in [7, 11) is 0. The zero-order valence-corrected chi connectivity index (χ0v) is 24.2. The number of hydrogen-bond donors (Lipinski definition) is 1. The van der Waals surface area contributed by atoms with Gasteiger partial charge in [0.2, 0.25) is 0 Å². The van der Waals surface area contributed by atoms with E-state index in [-0.39, 0.29) is 5.41 Å².